The fourth-order valence-corrected chi connectivity index (χ4v) is 5.36. The van der Waals surface area contributed by atoms with Crippen molar-refractivity contribution in [3.63, 3.8) is 0 Å². The van der Waals surface area contributed by atoms with Crippen molar-refractivity contribution in [2.24, 2.45) is 0 Å². The van der Waals surface area contributed by atoms with Gasteiger partial charge < -0.3 is 18.8 Å². The fourth-order valence-electron chi connectivity index (χ4n) is 5.36. The number of hydrogen-bond donors (Lipinski definition) is 0. The predicted molar refractivity (Wildman–Crippen MR) is 150 cm³/mol. The summed E-state index contributed by atoms with van der Waals surface area (Å²) in [5.41, 5.74) is 5.36. The van der Waals surface area contributed by atoms with E-state index in [2.05, 4.69) is 11.5 Å². The summed E-state index contributed by atoms with van der Waals surface area (Å²) < 4.78 is 19.7. The van der Waals surface area contributed by atoms with Crippen LogP contribution in [0.5, 0.6) is 11.5 Å². The smallest absolute Gasteiger partial charge is 0.339 e. The number of benzene rings is 2. The summed E-state index contributed by atoms with van der Waals surface area (Å²) in [7, 11) is 0. The molecule has 0 saturated heterocycles. The third kappa shape index (κ3) is 5.26. The molecule has 39 heavy (non-hydrogen) atoms. The minimum atomic E-state index is -0.489. The molecule has 0 aliphatic carbocycles. The minimum absolute atomic E-state index is 0.185. The number of pyridine rings is 1. The number of carbonyl (C=O) groups is 2. The second-order valence-corrected chi connectivity index (χ2v) is 9.93. The van der Waals surface area contributed by atoms with Gasteiger partial charge in [0.1, 0.15) is 6.61 Å². The van der Waals surface area contributed by atoms with Crippen molar-refractivity contribution < 1.29 is 23.8 Å². The Labute approximate surface area is 228 Å². The minimum Gasteiger partial charge on any atom is -0.486 e. The molecular formula is C32H34N2O5. The monoisotopic (exact) mass is 526 g/mol. The topological polar surface area (TPSA) is 79.7 Å². The number of nitrogens with zero attached hydrogens (tertiary/aromatic N) is 2. The van der Waals surface area contributed by atoms with Gasteiger partial charge in [-0.3, -0.25) is 9.78 Å². The molecule has 1 aliphatic rings. The lowest BCUT2D eigenvalue weighted by molar-refractivity contribution is 0.0475. The van der Waals surface area contributed by atoms with E-state index in [4.69, 9.17) is 19.2 Å². The van der Waals surface area contributed by atoms with Gasteiger partial charge in [0.05, 0.1) is 17.6 Å². The summed E-state index contributed by atoms with van der Waals surface area (Å²) in [5.74, 6) is 0.731. The van der Waals surface area contributed by atoms with Gasteiger partial charge in [-0.2, -0.15) is 0 Å². The number of ether oxygens (including phenoxy) is 3. The van der Waals surface area contributed by atoms with E-state index in [1.165, 1.54) is 0 Å². The zero-order valence-corrected chi connectivity index (χ0v) is 23.0. The van der Waals surface area contributed by atoms with E-state index in [-0.39, 0.29) is 18.5 Å². The molecule has 0 amide bonds. The van der Waals surface area contributed by atoms with Crippen molar-refractivity contribution in [2.45, 2.75) is 59.6 Å². The molecule has 0 saturated carbocycles. The van der Waals surface area contributed by atoms with E-state index in [0.717, 1.165) is 57.9 Å². The zero-order valence-electron chi connectivity index (χ0n) is 23.0. The highest BCUT2D eigenvalue weighted by Gasteiger charge is 2.25. The molecule has 0 spiro atoms. The van der Waals surface area contributed by atoms with E-state index in [1.807, 2.05) is 75.4 Å². The Balaban J connectivity index is 1.33. The highest BCUT2D eigenvalue weighted by Crippen LogP contribution is 2.32. The number of fused-ring (bicyclic) bond motifs is 2. The summed E-state index contributed by atoms with van der Waals surface area (Å²) in [6.45, 7) is 8.61. The Bertz CT molecular complexity index is 1540. The standard InChI is InChI=1S/C32H34N2O5/c1-5-11-26-23(6-2)31(24-12-7-8-13-27(24)33-26)32(36)38-19-28(35)25-16-20(3)34(21(25)4)17-22-18-37-29-14-9-10-15-30(29)39-22/h7-10,12-16,22H,5-6,11,17-19H2,1-4H3/t22-/m0/s1. The van der Waals surface area contributed by atoms with Crippen molar-refractivity contribution >= 4 is 22.7 Å². The van der Waals surface area contributed by atoms with Crippen molar-refractivity contribution in [3.8, 4) is 11.5 Å². The first-order chi connectivity index (χ1) is 18.9. The number of rotatable bonds is 9. The van der Waals surface area contributed by atoms with Crippen LogP contribution in [0, 0.1) is 13.8 Å². The van der Waals surface area contributed by atoms with Gasteiger partial charge in [0.25, 0.3) is 0 Å². The second-order valence-electron chi connectivity index (χ2n) is 9.93. The van der Waals surface area contributed by atoms with Crippen LogP contribution in [0.1, 0.15) is 63.6 Å². The Kier molecular flexibility index (Phi) is 7.68. The van der Waals surface area contributed by atoms with E-state index < -0.39 is 5.97 Å². The molecular weight excluding hydrogens is 492 g/mol. The number of Topliss-reactive ketones (excluding diaryl/α,β-unsaturated/α-hetero) is 1. The molecule has 0 fully saturated rings. The summed E-state index contributed by atoms with van der Waals surface area (Å²) >= 11 is 0. The number of para-hydroxylation sites is 3. The Morgan fingerprint density at radius 2 is 1.79 bits per heavy atom. The van der Waals surface area contributed by atoms with Crippen LogP contribution in [-0.2, 0) is 24.1 Å². The Morgan fingerprint density at radius 1 is 1.05 bits per heavy atom. The van der Waals surface area contributed by atoms with Gasteiger partial charge in [-0.25, -0.2) is 4.79 Å². The molecule has 4 aromatic rings. The van der Waals surface area contributed by atoms with E-state index in [1.54, 1.807) is 0 Å². The van der Waals surface area contributed by atoms with Crippen LogP contribution in [0.3, 0.4) is 0 Å². The van der Waals surface area contributed by atoms with Gasteiger partial charge in [0.15, 0.2) is 24.2 Å². The van der Waals surface area contributed by atoms with Crippen LogP contribution in [-0.4, -0.2) is 40.6 Å². The molecule has 1 aliphatic heterocycles. The summed E-state index contributed by atoms with van der Waals surface area (Å²) in [6.07, 6.45) is 2.17. The van der Waals surface area contributed by atoms with Crippen LogP contribution in [0.25, 0.3) is 10.9 Å². The molecule has 202 valence electrons. The number of hydrogen-bond acceptors (Lipinski definition) is 6. The maximum atomic E-state index is 13.4. The van der Waals surface area contributed by atoms with Gasteiger partial charge in [-0.1, -0.05) is 50.6 Å². The molecule has 0 unspecified atom stereocenters. The van der Waals surface area contributed by atoms with Gasteiger partial charge >= 0.3 is 5.97 Å². The van der Waals surface area contributed by atoms with Crippen LogP contribution in [0.15, 0.2) is 54.6 Å². The molecule has 2 aromatic heterocycles. The Hall–Kier alpha value is -4.13. The maximum Gasteiger partial charge on any atom is 0.339 e. The second kappa shape index (κ2) is 11.3. The van der Waals surface area contributed by atoms with E-state index >= 15 is 0 Å². The SMILES string of the molecule is CCCc1nc2ccccc2c(C(=O)OCC(=O)c2cc(C)n(C[C@H]3COc4ccccc4O3)c2C)c1CC. The number of ketones is 1. The average molecular weight is 527 g/mol. The summed E-state index contributed by atoms with van der Waals surface area (Å²) in [4.78, 5) is 31.5. The van der Waals surface area contributed by atoms with E-state index in [9.17, 15) is 9.59 Å². The molecule has 2 aromatic carbocycles. The molecule has 7 heteroatoms. The molecule has 3 heterocycles. The van der Waals surface area contributed by atoms with Crippen LogP contribution >= 0.6 is 0 Å². The fraction of sp³-hybridized carbons (Fsp3) is 0.344. The van der Waals surface area contributed by atoms with Crippen LogP contribution < -0.4 is 9.47 Å². The predicted octanol–water partition coefficient (Wildman–Crippen LogP) is 6.05. The summed E-state index contributed by atoms with van der Waals surface area (Å²) in [5, 5.41) is 0.751. The molecule has 0 N–H and O–H groups in total. The third-order valence-electron chi connectivity index (χ3n) is 7.29. The zero-order chi connectivity index (χ0) is 27.5. The first-order valence-electron chi connectivity index (χ1n) is 13.6. The van der Waals surface area contributed by atoms with Crippen molar-refractivity contribution in [1.29, 1.82) is 0 Å². The van der Waals surface area contributed by atoms with Gasteiger partial charge in [-0.15, -0.1) is 0 Å². The lowest BCUT2D eigenvalue weighted by atomic mass is 9.96. The van der Waals surface area contributed by atoms with E-state index in [0.29, 0.717) is 30.7 Å². The van der Waals surface area contributed by atoms with Gasteiger partial charge in [0.2, 0.25) is 5.78 Å². The first kappa shape index (κ1) is 26.5. The van der Waals surface area contributed by atoms with Crippen molar-refractivity contribution in [1.82, 2.24) is 9.55 Å². The van der Waals surface area contributed by atoms with Crippen molar-refractivity contribution in [2.75, 3.05) is 13.2 Å². The van der Waals surface area contributed by atoms with Crippen LogP contribution in [0.2, 0.25) is 0 Å². The number of esters is 1. The first-order valence-corrected chi connectivity index (χ1v) is 13.6. The molecule has 5 rings (SSSR count). The molecule has 1 atom stereocenters. The number of aryl methyl sites for hydroxylation is 2. The average Bonchev–Trinajstić information content (AvgIpc) is 3.23. The number of carbonyl (C=O) groups excluding carboxylic acids is 2. The summed E-state index contributed by atoms with van der Waals surface area (Å²) in [6, 6.07) is 17.0. The molecule has 7 nitrogen and oxygen atoms in total. The highest BCUT2D eigenvalue weighted by atomic mass is 16.6. The van der Waals surface area contributed by atoms with Crippen LogP contribution in [0.4, 0.5) is 0 Å². The third-order valence-corrected chi connectivity index (χ3v) is 7.29. The largest absolute Gasteiger partial charge is 0.486 e. The Morgan fingerprint density at radius 3 is 2.56 bits per heavy atom. The number of aromatic nitrogens is 2. The normalized spacial score (nSPS) is 14.4. The quantitative estimate of drug-likeness (QED) is 0.195. The molecule has 0 radical (unpaired) electrons. The van der Waals surface area contributed by atoms with Crippen molar-refractivity contribution in [3.05, 3.63) is 88.4 Å². The maximum absolute atomic E-state index is 13.4. The van der Waals surface area contributed by atoms with Gasteiger partial charge in [-0.05, 0) is 56.5 Å². The molecule has 0 bridgehead atoms. The highest BCUT2D eigenvalue weighted by molar-refractivity contribution is 6.06. The lowest BCUT2D eigenvalue weighted by Crippen LogP contribution is -2.33. The van der Waals surface area contributed by atoms with Gasteiger partial charge in [0, 0.05) is 28.0 Å². The lowest BCUT2D eigenvalue weighted by Gasteiger charge is -2.27.